The number of carbonyl (C=O) groups excluding carboxylic acids is 1. The van der Waals surface area contributed by atoms with Crippen LogP contribution < -0.4 is 5.32 Å². The Bertz CT molecular complexity index is 824. The summed E-state index contributed by atoms with van der Waals surface area (Å²) >= 11 is 0. The Morgan fingerprint density at radius 2 is 1.91 bits per heavy atom. The molecule has 5 nitrogen and oxygen atoms in total. The minimum Gasteiger partial charge on any atom is -0.345 e. The molecule has 0 aliphatic carbocycles. The summed E-state index contributed by atoms with van der Waals surface area (Å²) in [6.07, 6.45) is 1.72. The standard InChI is InChI=1S/C18H18N4O/c1-12-7-6-10-19-15(12)11-20-18(23)16-13(2)21-17(22-16)14-8-4-3-5-9-14/h3-10H,11H2,1-2H3,(H,20,23)(H,21,22). The van der Waals surface area contributed by atoms with Crippen molar-refractivity contribution in [2.75, 3.05) is 0 Å². The van der Waals surface area contributed by atoms with Gasteiger partial charge in [0.25, 0.3) is 5.91 Å². The Kier molecular flexibility index (Phi) is 4.19. The van der Waals surface area contributed by atoms with E-state index in [1.54, 1.807) is 6.20 Å². The van der Waals surface area contributed by atoms with Crippen molar-refractivity contribution >= 4 is 5.91 Å². The fraction of sp³-hybridized carbons (Fsp3) is 0.167. The van der Waals surface area contributed by atoms with Crippen LogP contribution in [0.5, 0.6) is 0 Å². The van der Waals surface area contributed by atoms with Gasteiger partial charge in [-0.15, -0.1) is 0 Å². The van der Waals surface area contributed by atoms with Gasteiger partial charge in [0.2, 0.25) is 0 Å². The van der Waals surface area contributed by atoms with Gasteiger partial charge in [0, 0.05) is 17.5 Å². The number of pyridine rings is 1. The molecule has 3 aromatic rings. The van der Waals surface area contributed by atoms with E-state index >= 15 is 0 Å². The van der Waals surface area contributed by atoms with Crippen molar-refractivity contribution in [3.63, 3.8) is 0 Å². The molecule has 1 aromatic carbocycles. The second-order valence-electron chi connectivity index (χ2n) is 5.37. The van der Waals surface area contributed by atoms with Gasteiger partial charge in [0.05, 0.1) is 12.2 Å². The fourth-order valence-corrected chi connectivity index (χ4v) is 2.37. The van der Waals surface area contributed by atoms with Crippen LogP contribution in [0.3, 0.4) is 0 Å². The molecule has 0 saturated carbocycles. The number of rotatable bonds is 4. The lowest BCUT2D eigenvalue weighted by Crippen LogP contribution is -2.24. The third-order valence-electron chi connectivity index (χ3n) is 3.68. The number of benzene rings is 1. The van der Waals surface area contributed by atoms with E-state index in [1.807, 2.05) is 56.3 Å². The van der Waals surface area contributed by atoms with Crippen molar-refractivity contribution in [2.45, 2.75) is 20.4 Å². The first-order valence-electron chi connectivity index (χ1n) is 7.46. The summed E-state index contributed by atoms with van der Waals surface area (Å²) in [5.41, 5.74) is 4.03. The molecular weight excluding hydrogens is 288 g/mol. The van der Waals surface area contributed by atoms with Gasteiger partial charge < -0.3 is 10.3 Å². The normalized spacial score (nSPS) is 10.5. The number of aromatic amines is 1. The van der Waals surface area contributed by atoms with Crippen LogP contribution in [0.1, 0.15) is 27.4 Å². The van der Waals surface area contributed by atoms with E-state index in [9.17, 15) is 4.79 Å². The molecule has 0 fully saturated rings. The monoisotopic (exact) mass is 306 g/mol. The van der Waals surface area contributed by atoms with Crippen molar-refractivity contribution in [2.24, 2.45) is 0 Å². The van der Waals surface area contributed by atoms with Crippen LogP contribution >= 0.6 is 0 Å². The van der Waals surface area contributed by atoms with Crippen molar-refractivity contribution < 1.29 is 4.79 Å². The van der Waals surface area contributed by atoms with Crippen molar-refractivity contribution in [3.05, 3.63) is 71.3 Å². The Hall–Kier alpha value is -2.95. The number of hydrogen-bond donors (Lipinski definition) is 2. The highest BCUT2D eigenvalue weighted by Crippen LogP contribution is 2.17. The highest BCUT2D eigenvalue weighted by atomic mass is 16.1. The minimum absolute atomic E-state index is 0.203. The maximum absolute atomic E-state index is 12.4. The van der Waals surface area contributed by atoms with E-state index < -0.39 is 0 Å². The largest absolute Gasteiger partial charge is 0.345 e. The number of aryl methyl sites for hydroxylation is 2. The Labute approximate surface area is 134 Å². The molecule has 0 atom stereocenters. The SMILES string of the molecule is Cc1cccnc1CNC(=O)c1nc(-c2ccccc2)[nH]c1C. The number of aromatic nitrogens is 3. The molecule has 0 saturated heterocycles. The van der Waals surface area contributed by atoms with Crippen LogP contribution in [0, 0.1) is 13.8 Å². The summed E-state index contributed by atoms with van der Waals surface area (Å²) in [7, 11) is 0. The summed E-state index contributed by atoms with van der Waals surface area (Å²) in [5.74, 6) is 0.494. The summed E-state index contributed by atoms with van der Waals surface area (Å²) in [4.78, 5) is 24.2. The lowest BCUT2D eigenvalue weighted by Gasteiger charge is -2.05. The molecule has 1 amide bonds. The van der Waals surface area contributed by atoms with Gasteiger partial charge in [0.15, 0.2) is 0 Å². The van der Waals surface area contributed by atoms with Crippen molar-refractivity contribution in [3.8, 4) is 11.4 Å². The second kappa shape index (κ2) is 6.44. The van der Waals surface area contributed by atoms with Crippen LogP contribution in [0.25, 0.3) is 11.4 Å². The molecule has 3 rings (SSSR count). The molecule has 5 heteroatoms. The molecular formula is C18H18N4O. The quantitative estimate of drug-likeness (QED) is 0.778. The zero-order chi connectivity index (χ0) is 16.2. The van der Waals surface area contributed by atoms with Gasteiger partial charge in [-0.2, -0.15) is 0 Å². The molecule has 2 N–H and O–H groups in total. The van der Waals surface area contributed by atoms with Crippen LogP contribution in [-0.2, 0) is 6.54 Å². The van der Waals surface area contributed by atoms with Gasteiger partial charge in [-0.3, -0.25) is 9.78 Å². The maximum atomic E-state index is 12.4. The van der Waals surface area contributed by atoms with Gasteiger partial charge in [-0.1, -0.05) is 36.4 Å². The van der Waals surface area contributed by atoms with E-state index in [0.29, 0.717) is 18.1 Å². The summed E-state index contributed by atoms with van der Waals surface area (Å²) in [5, 5.41) is 2.88. The number of amides is 1. The van der Waals surface area contributed by atoms with E-state index in [4.69, 9.17) is 0 Å². The topological polar surface area (TPSA) is 70.7 Å². The molecule has 0 aliphatic heterocycles. The molecule has 23 heavy (non-hydrogen) atoms. The first kappa shape index (κ1) is 15.0. The van der Waals surface area contributed by atoms with E-state index in [-0.39, 0.29) is 5.91 Å². The zero-order valence-corrected chi connectivity index (χ0v) is 13.1. The molecule has 0 unspecified atom stereocenters. The number of H-pyrrole nitrogens is 1. The Morgan fingerprint density at radius 3 is 2.65 bits per heavy atom. The third-order valence-corrected chi connectivity index (χ3v) is 3.68. The minimum atomic E-state index is -0.203. The van der Waals surface area contributed by atoms with Crippen LogP contribution in [0.2, 0.25) is 0 Å². The molecule has 0 bridgehead atoms. The summed E-state index contributed by atoms with van der Waals surface area (Å²) in [6, 6.07) is 13.6. The molecule has 116 valence electrons. The van der Waals surface area contributed by atoms with Gasteiger partial charge in [0.1, 0.15) is 11.5 Å². The number of nitrogens with one attached hydrogen (secondary N) is 2. The Balaban J connectivity index is 1.75. The smallest absolute Gasteiger partial charge is 0.272 e. The molecule has 0 radical (unpaired) electrons. The van der Waals surface area contributed by atoms with Crippen LogP contribution in [0.15, 0.2) is 48.7 Å². The van der Waals surface area contributed by atoms with Crippen LogP contribution in [0.4, 0.5) is 0 Å². The van der Waals surface area contributed by atoms with Gasteiger partial charge >= 0.3 is 0 Å². The van der Waals surface area contributed by atoms with Gasteiger partial charge in [-0.05, 0) is 25.5 Å². The summed E-state index contributed by atoms with van der Waals surface area (Å²) in [6.45, 7) is 4.21. The van der Waals surface area contributed by atoms with E-state index in [2.05, 4.69) is 20.3 Å². The number of hydrogen-bond acceptors (Lipinski definition) is 3. The van der Waals surface area contributed by atoms with Crippen molar-refractivity contribution in [1.29, 1.82) is 0 Å². The predicted molar refractivity (Wildman–Crippen MR) is 88.9 cm³/mol. The second-order valence-corrected chi connectivity index (χ2v) is 5.37. The third kappa shape index (κ3) is 3.29. The maximum Gasteiger partial charge on any atom is 0.272 e. The Morgan fingerprint density at radius 1 is 1.13 bits per heavy atom. The first-order chi connectivity index (χ1) is 11.1. The predicted octanol–water partition coefficient (Wildman–Crippen LogP) is 3.02. The van der Waals surface area contributed by atoms with E-state index in [1.165, 1.54) is 0 Å². The average molecular weight is 306 g/mol. The van der Waals surface area contributed by atoms with Crippen molar-refractivity contribution in [1.82, 2.24) is 20.3 Å². The fourth-order valence-electron chi connectivity index (χ4n) is 2.37. The molecule has 2 aromatic heterocycles. The lowest BCUT2D eigenvalue weighted by molar-refractivity contribution is 0.0945. The number of carbonyl (C=O) groups is 1. The summed E-state index contributed by atoms with van der Waals surface area (Å²) < 4.78 is 0. The van der Waals surface area contributed by atoms with Crippen LogP contribution in [-0.4, -0.2) is 20.9 Å². The first-order valence-corrected chi connectivity index (χ1v) is 7.46. The van der Waals surface area contributed by atoms with Gasteiger partial charge in [-0.25, -0.2) is 4.98 Å². The molecule has 2 heterocycles. The molecule has 0 spiro atoms. The highest BCUT2D eigenvalue weighted by Gasteiger charge is 2.15. The van der Waals surface area contributed by atoms with E-state index in [0.717, 1.165) is 22.5 Å². The number of imidazole rings is 1. The number of nitrogens with zero attached hydrogens (tertiary/aromatic N) is 2. The highest BCUT2D eigenvalue weighted by molar-refractivity contribution is 5.94. The average Bonchev–Trinajstić information content (AvgIpc) is 2.97. The lowest BCUT2D eigenvalue weighted by atomic mass is 10.2. The zero-order valence-electron chi connectivity index (χ0n) is 13.1. The molecule has 0 aliphatic rings.